The quantitative estimate of drug-likeness (QED) is 0.594. The molecule has 0 aliphatic heterocycles. The smallest absolute Gasteiger partial charge is 0.211 e. The van der Waals surface area contributed by atoms with Crippen molar-refractivity contribution >= 4 is 40.7 Å². The highest BCUT2D eigenvalue weighted by Crippen LogP contribution is 2.23. The van der Waals surface area contributed by atoms with Gasteiger partial charge in [0.1, 0.15) is 0 Å². The Morgan fingerprint density at radius 2 is 2.27 bits per heavy atom. The summed E-state index contributed by atoms with van der Waals surface area (Å²) in [6.07, 6.45) is 0.628. The average molecular weight is 232 g/mol. The highest BCUT2D eigenvalue weighted by Gasteiger charge is 1.96. The maximum absolute atomic E-state index is 10.1. The third kappa shape index (κ3) is 2.24. The molecule has 1 rings (SSSR count). The number of anilines is 1. The molecule has 0 heterocycles. The molecule has 2 nitrogen and oxygen atoms in total. The second-order valence-electron chi connectivity index (χ2n) is 1.92. The van der Waals surface area contributed by atoms with Crippen LogP contribution in [0.2, 0.25) is 0 Å². The van der Waals surface area contributed by atoms with E-state index < -0.39 is 0 Å². The Hall–Kier alpha value is -0.480. The number of amides is 1. The van der Waals surface area contributed by atoms with Crippen molar-refractivity contribution in [2.24, 2.45) is 0 Å². The lowest BCUT2D eigenvalue weighted by Gasteiger charge is -2.01. The summed E-state index contributed by atoms with van der Waals surface area (Å²) in [5.41, 5.74) is 0.714. The fourth-order valence-electron chi connectivity index (χ4n) is 0.690. The lowest BCUT2D eigenvalue weighted by molar-refractivity contribution is -0.105. The van der Waals surface area contributed by atoms with Gasteiger partial charge in [-0.25, -0.2) is 0 Å². The van der Waals surface area contributed by atoms with Gasteiger partial charge in [-0.05, 0) is 18.2 Å². The van der Waals surface area contributed by atoms with Crippen LogP contribution in [0.15, 0.2) is 27.6 Å². The lowest BCUT2D eigenvalue weighted by Crippen LogP contribution is -1.94. The molecule has 1 amide bonds. The van der Waals surface area contributed by atoms with E-state index in [1.54, 1.807) is 6.07 Å². The minimum Gasteiger partial charge on any atom is -0.328 e. The summed E-state index contributed by atoms with van der Waals surface area (Å²) in [5.74, 6) is 0. The summed E-state index contributed by atoms with van der Waals surface area (Å²) in [7, 11) is 0. The summed E-state index contributed by atoms with van der Waals surface area (Å²) in [4.78, 5) is 10.8. The van der Waals surface area contributed by atoms with E-state index in [9.17, 15) is 4.79 Å². The largest absolute Gasteiger partial charge is 0.328 e. The summed E-state index contributed by atoms with van der Waals surface area (Å²) in [6, 6.07) is 5.43. The van der Waals surface area contributed by atoms with Crippen molar-refractivity contribution in [3.05, 3.63) is 22.7 Å². The van der Waals surface area contributed by atoms with Crippen molar-refractivity contribution in [1.82, 2.24) is 0 Å². The Morgan fingerprint density at radius 1 is 1.55 bits per heavy atom. The van der Waals surface area contributed by atoms with Crippen LogP contribution in [0.5, 0.6) is 0 Å². The van der Waals surface area contributed by atoms with Crippen molar-refractivity contribution in [2.45, 2.75) is 4.90 Å². The zero-order chi connectivity index (χ0) is 8.27. The molecule has 1 N–H and O–H groups in total. The zero-order valence-corrected chi connectivity index (χ0v) is 8.02. The molecule has 0 aromatic heterocycles. The van der Waals surface area contributed by atoms with Gasteiger partial charge in [0, 0.05) is 9.37 Å². The summed E-state index contributed by atoms with van der Waals surface area (Å²) in [5, 5.41) is 2.53. The molecule has 0 aliphatic carbocycles. The van der Waals surface area contributed by atoms with Crippen LogP contribution in [0.25, 0.3) is 0 Å². The van der Waals surface area contributed by atoms with Crippen molar-refractivity contribution in [1.29, 1.82) is 0 Å². The standard InChI is InChI=1S/C7H6BrNOS/c8-5-1-2-6(9-4-10)7(11)3-5/h1-4,11H,(H,9,10). The molecule has 0 saturated heterocycles. The van der Waals surface area contributed by atoms with E-state index in [4.69, 9.17) is 0 Å². The van der Waals surface area contributed by atoms with Gasteiger partial charge in [-0.15, -0.1) is 12.6 Å². The van der Waals surface area contributed by atoms with E-state index >= 15 is 0 Å². The van der Waals surface area contributed by atoms with Crippen molar-refractivity contribution in [3.8, 4) is 0 Å². The first kappa shape index (κ1) is 8.62. The normalized spacial score (nSPS) is 9.27. The number of hydrogen-bond acceptors (Lipinski definition) is 2. The predicted octanol–water partition coefficient (Wildman–Crippen LogP) is 2.31. The van der Waals surface area contributed by atoms with E-state index in [0.717, 1.165) is 9.37 Å². The summed E-state index contributed by atoms with van der Waals surface area (Å²) < 4.78 is 0.943. The molecule has 58 valence electrons. The van der Waals surface area contributed by atoms with Gasteiger partial charge >= 0.3 is 0 Å². The minimum absolute atomic E-state index is 0.628. The van der Waals surface area contributed by atoms with Crippen LogP contribution in [-0.2, 0) is 4.79 Å². The molecule has 0 fully saturated rings. The van der Waals surface area contributed by atoms with E-state index in [1.165, 1.54) is 0 Å². The van der Waals surface area contributed by atoms with Crippen LogP contribution < -0.4 is 5.32 Å². The van der Waals surface area contributed by atoms with Gasteiger partial charge in [0.05, 0.1) is 5.69 Å². The predicted molar refractivity (Wildman–Crippen MR) is 51.1 cm³/mol. The monoisotopic (exact) mass is 231 g/mol. The van der Waals surface area contributed by atoms with Crippen LogP contribution in [0.3, 0.4) is 0 Å². The van der Waals surface area contributed by atoms with Gasteiger partial charge < -0.3 is 5.32 Å². The van der Waals surface area contributed by atoms with Crippen LogP contribution >= 0.6 is 28.6 Å². The average Bonchev–Trinajstić information content (AvgIpc) is 1.95. The van der Waals surface area contributed by atoms with Gasteiger partial charge in [-0.2, -0.15) is 0 Å². The molecule has 0 spiro atoms. The Kier molecular flexibility index (Phi) is 2.96. The molecule has 1 aromatic rings. The van der Waals surface area contributed by atoms with Gasteiger partial charge in [0.25, 0.3) is 0 Å². The first-order chi connectivity index (χ1) is 5.24. The second kappa shape index (κ2) is 3.78. The van der Waals surface area contributed by atoms with E-state index in [-0.39, 0.29) is 0 Å². The Balaban J connectivity index is 2.98. The van der Waals surface area contributed by atoms with Crippen LogP contribution in [-0.4, -0.2) is 6.41 Å². The van der Waals surface area contributed by atoms with Crippen LogP contribution in [0.1, 0.15) is 0 Å². The number of rotatable bonds is 2. The van der Waals surface area contributed by atoms with Crippen molar-refractivity contribution in [2.75, 3.05) is 5.32 Å². The van der Waals surface area contributed by atoms with E-state index in [0.29, 0.717) is 12.1 Å². The van der Waals surface area contributed by atoms with Gasteiger partial charge in [0.2, 0.25) is 6.41 Å². The number of benzene rings is 1. The van der Waals surface area contributed by atoms with Crippen molar-refractivity contribution in [3.63, 3.8) is 0 Å². The van der Waals surface area contributed by atoms with Gasteiger partial charge in [-0.1, -0.05) is 15.9 Å². The number of halogens is 1. The zero-order valence-electron chi connectivity index (χ0n) is 5.54. The molecule has 11 heavy (non-hydrogen) atoms. The molecule has 0 unspecified atom stereocenters. The number of hydrogen-bond donors (Lipinski definition) is 2. The Bertz CT molecular complexity index is 277. The maximum Gasteiger partial charge on any atom is 0.211 e. The molecule has 0 bridgehead atoms. The minimum atomic E-state index is 0.628. The molecular formula is C7H6BrNOS. The molecule has 0 aliphatic rings. The van der Waals surface area contributed by atoms with Crippen molar-refractivity contribution < 1.29 is 4.79 Å². The fourth-order valence-corrected chi connectivity index (χ4v) is 1.51. The van der Waals surface area contributed by atoms with E-state index in [1.807, 2.05) is 12.1 Å². The highest BCUT2D eigenvalue weighted by atomic mass is 79.9. The Labute approximate surface area is 78.5 Å². The molecule has 0 saturated carbocycles. The first-order valence-corrected chi connectivity index (χ1v) is 4.17. The van der Waals surface area contributed by atoms with E-state index in [2.05, 4.69) is 33.9 Å². The number of carbonyl (C=O) groups excluding carboxylic acids is 1. The molecule has 1 aromatic carbocycles. The number of carbonyl (C=O) groups is 1. The highest BCUT2D eigenvalue weighted by molar-refractivity contribution is 9.10. The molecule has 0 atom stereocenters. The maximum atomic E-state index is 10.1. The summed E-state index contributed by atoms with van der Waals surface area (Å²) in [6.45, 7) is 0. The second-order valence-corrected chi connectivity index (χ2v) is 3.32. The Morgan fingerprint density at radius 3 is 2.82 bits per heavy atom. The number of nitrogens with one attached hydrogen (secondary N) is 1. The van der Waals surface area contributed by atoms with Gasteiger partial charge in [-0.3, -0.25) is 4.79 Å². The molecular weight excluding hydrogens is 226 g/mol. The lowest BCUT2D eigenvalue weighted by atomic mass is 10.3. The molecule has 0 radical (unpaired) electrons. The third-order valence-corrected chi connectivity index (χ3v) is 2.04. The van der Waals surface area contributed by atoms with Crippen LogP contribution in [0.4, 0.5) is 5.69 Å². The SMILES string of the molecule is O=CNc1ccc(Br)cc1S. The molecule has 4 heteroatoms. The number of thiol groups is 1. The van der Waals surface area contributed by atoms with Gasteiger partial charge in [0.15, 0.2) is 0 Å². The topological polar surface area (TPSA) is 29.1 Å². The van der Waals surface area contributed by atoms with Crippen LogP contribution in [0, 0.1) is 0 Å². The fraction of sp³-hybridized carbons (Fsp3) is 0. The summed E-state index contributed by atoms with van der Waals surface area (Å²) >= 11 is 7.43. The first-order valence-electron chi connectivity index (χ1n) is 2.93. The third-order valence-electron chi connectivity index (χ3n) is 1.17.